The summed E-state index contributed by atoms with van der Waals surface area (Å²) in [4.78, 5) is 0. The summed E-state index contributed by atoms with van der Waals surface area (Å²) in [5, 5.41) is 0. The van der Waals surface area contributed by atoms with E-state index in [1.807, 2.05) is 24.3 Å². The first-order chi connectivity index (χ1) is 9.20. The second-order valence-corrected chi connectivity index (χ2v) is 4.60. The van der Waals surface area contributed by atoms with Gasteiger partial charge in [-0.2, -0.15) is 0 Å². The molecule has 19 heavy (non-hydrogen) atoms. The molecule has 0 saturated heterocycles. The Kier molecular flexibility index (Phi) is 4.53. The molecule has 0 spiro atoms. The van der Waals surface area contributed by atoms with Gasteiger partial charge in [0.25, 0.3) is 0 Å². The second-order valence-electron chi connectivity index (χ2n) is 4.60. The Morgan fingerprint density at radius 1 is 1.11 bits per heavy atom. The number of nitrogens with two attached hydrogens (primary N) is 1. The first kappa shape index (κ1) is 13.6. The lowest BCUT2D eigenvalue weighted by atomic mass is 10.0. The van der Waals surface area contributed by atoms with Gasteiger partial charge < -0.3 is 10.5 Å². The molecule has 0 radical (unpaired) electrons. The Labute approximate surface area is 113 Å². The van der Waals surface area contributed by atoms with Crippen LogP contribution in [-0.2, 0) is 6.61 Å². The fraction of sp³-hybridized carbons (Fsp3) is 0.250. The van der Waals surface area contributed by atoms with Crippen molar-refractivity contribution in [3.63, 3.8) is 0 Å². The van der Waals surface area contributed by atoms with E-state index in [0.29, 0.717) is 19.1 Å². The molecule has 0 amide bonds. The minimum atomic E-state index is -0.337. The Balaban J connectivity index is 1.99. The van der Waals surface area contributed by atoms with Gasteiger partial charge in [-0.3, -0.25) is 0 Å². The number of ether oxygens (including phenoxy) is 1. The van der Waals surface area contributed by atoms with Gasteiger partial charge in [-0.15, -0.1) is 0 Å². The van der Waals surface area contributed by atoms with Gasteiger partial charge in [0.1, 0.15) is 6.61 Å². The highest BCUT2D eigenvalue weighted by atomic mass is 19.1. The van der Waals surface area contributed by atoms with Gasteiger partial charge in [0, 0.05) is 0 Å². The number of hydrogen-bond donors (Lipinski definition) is 1. The van der Waals surface area contributed by atoms with Crippen LogP contribution >= 0.6 is 0 Å². The first-order valence-corrected chi connectivity index (χ1v) is 6.37. The lowest BCUT2D eigenvalue weighted by Crippen LogP contribution is -2.08. The van der Waals surface area contributed by atoms with Crippen molar-refractivity contribution in [1.82, 2.24) is 0 Å². The summed E-state index contributed by atoms with van der Waals surface area (Å²) in [6, 6.07) is 14.5. The van der Waals surface area contributed by atoms with Crippen molar-refractivity contribution in [3.05, 3.63) is 65.5 Å². The molecule has 2 N–H and O–H groups in total. The topological polar surface area (TPSA) is 35.2 Å². The molecule has 0 saturated carbocycles. The molecule has 3 heteroatoms. The van der Waals surface area contributed by atoms with Crippen molar-refractivity contribution in [2.24, 2.45) is 5.73 Å². The van der Waals surface area contributed by atoms with Crippen molar-refractivity contribution < 1.29 is 9.13 Å². The van der Waals surface area contributed by atoms with E-state index in [1.165, 1.54) is 11.6 Å². The molecule has 0 aromatic heterocycles. The summed E-state index contributed by atoms with van der Waals surface area (Å²) in [6.45, 7) is 3.08. The van der Waals surface area contributed by atoms with Crippen LogP contribution in [0.2, 0.25) is 0 Å². The van der Waals surface area contributed by atoms with Crippen LogP contribution in [0, 0.1) is 5.82 Å². The molecule has 0 heterocycles. The Morgan fingerprint density at radius 3 is 2.42 bits per heavy atom. The zero-order valence-corrected chi connectivity index (χ0v) is 11.0. The van der Waals surface area contributed by atoms with Crippen molar-refractivity contribution in [3.8, 4) is 5.75 Å². The predicted molar refractivity (Wildman–Crippen MR) is 74.6 cm³/mol. The van der Waals surface area contributed by atoms with E-state index in [4.69, 9.17) is 10.5 Å². The van der Waals surface area contributed by atoms with E-state index in [-0.39, 0.29) is 11.6 Å². The largest absolute Gasteiger partial charge is 0.486 e. The summed E-state index contributed by atoms with van der Waals surface area (Å²) in [5.41, 5.74) is 7.84. The van der Waals surface area contributed by atoms with Gasteiger partial charge in [-0.25, -0.2) is 4.39 Å². The molecule has 0 aliphatic heterocycles. The smallest absolute Gasteiger partial charge is 0.165 e. The van der Waals surface area contributed by atoms with Gasteiger partial charge in [-0.05, 0) is 35.7 Å². The third-order valence-electron chi connectivity index (χ3n) is 3.13. The summed E-state index contributed by atoms with van der Waals surface area (Å²) in [5.74, 6) is 0.291. The van der Waals surface area contributed by atoms with Gasteiger partial charge in [0.15, 0.2) is 11.6 Å². The molecule has 0 aliphatic rings. The van der Waals surface area contributed by atoms with Crippen LogP contribution in [-0.4, -0.2) is 6.54 Å². The maximum absolute atomic E-state index is 13.4. The van der Waals surface area contributed by atoms with Gasteiger partial charge >= 0.3 is 0 Å². The van der Waals surface area contributed by atoms with Crippen LogP contribution in [0.3, 0.4) is 0 Å². The summed E-state index contributed by atoms with van der Waals surface area (Å²) in [6.07, 6.45) is 0. The zero-order chi connectivity index (χ0) is 13.7. The van der Waals surface area contributed by atoms with Crippen molar-refractivity contribution in [1.29, 1.82) is 0 Å². The average Bonchev–Trinajstić information content (AvgIpc) is 2.46. The van der Waals surface area contributed by atoms with Crippen LogP contribution < -0.4 is 10.5 Å². The van der Waals surface area contributed by atoms with E-state index >= 15 is 0 Å². The maximum Gasteiger partial charge on any atom is 0.165 e. The highest BCUT2D eigenvalue weighted by Crippen LogP contribution is 2.18. The SMILES string of the molecule is CC(CN)c1ccc(COc2ccccc2F)cc1. The van der Waals surface area contributed by atoms with E-state index in [1.54, 1.807) is 18.2 Å². The molecular weight excluding hydrogens is 241 g/mol. The number of halogens is 1. The standard InChI is InChI=1S/C16H18FNO/c1-12(10-18)14-8-6-13(7-9-14)11-19-16-5-3-2-4-15(16)17/h2-9,12H,10-11,18H2,1H3. The molecule has 0 aliphatic carbocycles. The number of para-hydroxylation sites is 1. The molecule has 1 unspecified atom stereocenters. The average molecular weight is 259 g/mol. The molecule has 0 fully saturated rings. The van der Waals surface area contributed by atoms with Crippen molar-refractivity contribution in [2.45, 2.75) is 19.4 Å². The van der Waals surface area contributed by atoms with Gasteiger partial charge in [0.05, 0.1) is 0 Å². The highest BCUT2D eigenvalue weighted by Gasteiger charge is 2.04. The van der Waals surface area contributed by atoms with Crippen LogP contribution in [0.4, 0.5) is 4.39 Å². The third-order valence-corrected chi connectivity index (χ3v) is 3.13. The number of rotatable bonds is 5. The summed E-state index contributed by atoms with van der Waals surface area (Å²) < 4.78 is 18.8. The first-order valence-electron chi connectivity index (χ1n) is 6.37. The Morgan fingerprint density at radius 2 is 1.79 bits per heavy atom. The lowest BCUT2D eigenvalue weighted by molar-refractivity contribution is 0.290. The van der Waals surface area contributed by atoms with E-state index in [2.05, 4.69) is 6.92 Å². The van der Waals surface area contributed by atoms with Crippen LogP contribution in [0.15, 0.2) is 48.5 Å². The number of hydrogen-bond acceptors (Lipinski definition) is 2. The molecule has 2 rings (SSSR count). The minimum Gasteiger partial charge on any atom is -0.486 e. The molecule has 2 aromatic carbocycles. The molecule has 0 bridgehead atoms. The maximum atomic E-state index is 13.4. The predicted octanol–water partition coefficient (Wildman–Crippen LogP) is 3.47. The van der Waals surface area contributed by atoms with Crippen molar-refractivity contribution in [2.75, 3.05) is 6.54 Å². The Hall–Kier alpha value is -1.87. The second kappa shape index (κ2) is 6.34. The van der Waals surface area contributed by atoms with Crippen LogP contribution in [0.1, 0.15) is 24.0 Å². The van der Waals surface area contributed by atoms with E-state index < -0.39 is 0 Å². The lowest BCUT2D eigenvalue weighted by Gasteiger charge is -2.10. The summed E-state index contributed by atoms with van der Waals surface area (Å²) in [7, 11) is 0. The molecule has 1 atom stereocenters. The number of benzene rings is 2. The minimum absolute atomic E-state index is 0.280. The van der Waals surface area contributed by atoms with Crippen LogP contribution in [0.25, 0.3) is 0 Å². The Bertz CT molecular complexity index is 525. The quantitative estimate of drug-likeness (QED) is 0.892. The fourth-order valence-corrected chi connectivity index (χ4v) is 1.80. The molecular formula is C16H18FNO. The van der Waals surface area contributed by atoms with Gasteiger partial charge in [0.2, 0.25) is 0 Å². The monoisotopic (exact) mass is 259 g/mol. The molecule has 100 valence electrons. The van der Waals surface area contributed by atoms with Crippen LogP contribution in [0.5, 0.6) is 5.75 Å². The zero-order valence-electron chi connectivity index (χ0n) is 11.0. The van der Waals surface area contributed by atoms with Crippen molar-refractivity contribution >= 4 is 0 Å². The molecule has 2 nitrogen and oxygen atoms in total. The third kappa shape index (κ3) is 3.55. The molecule has 2 aromatic rings. The normalized spacial score (nSPS) is 12.2. The van der Waals surface area contributed by atoms with E-state index in [0.717, 1.165) is 5.56 Å². The fourth-order valence-electron chi connectivity index (χ4n) is 1.80. The van der Waals surface area contributed by atoms with E-state index in [9.17, 15) is 4.39 Å². The summed E-state index contributed by atoms with van der Waals surface area (Å²) >= 11 is 0. The van der Waals surface area contributed by atoms with Gasteiger partial charge in [-0.1, -0.05) is 43.3 Å². The highest BCUT2D eigenvalue weighted by molar-refractivity contribution is 5.27.